The van der Waals surface area contributed by atoms with Crippen LogP contribution in [0, 0.1) is 0 Å². The summed E-state index contributed by atoms with van der Waals surface area (Å²) in [6, 6.07) is 0. The summed E-state index contributed by atoms with van der Waals surface area (Å²) in [5, 5.41) is 4.35. The van der Waals surface area contributed by atoms with Gasteiger partial charge in [0, 0.05) is 24.5 Å². The zero-order valence-electron chi connectivity index (χ0n) is 11.2. The Balaban J connectivity index is 2.01. The molecule has 1 rings (SSSR count). The minimum Gasteiger partial charge on any atom is -0.360 e. The lowest BCUT2D eigenvalue weighted by molar-refractivity contribution is 0.617. The van der Waals surface area contributed by atoms with Gasteiger partial charge in [0.05, 0.1) is 0 Å². The molecule has 3 nitrogen and oxygen atoms in total. The third-order valence-electron chi connectivity index (χ3n) is 2.75. The second kappa shape index (κ2) is 9.40. The molecular formula is C13H25N3S. The summed E-state index contributed by atoms with van der Waals surface area (Å²) in [6.07, 6.45) is 10.1. The van der Waals surface area contributed by atoms with Crippen molar-refractivity contribution in [2.24, 2.45) is 0 Å². The monoisotopic (exact) mass is 255 g/mol. The molecule has 0 bridgehead atoms. The number of aryl methyl sites for hydroxylation is 1. The van der Waals surface area contributed by atoms with E-state index in [2.05, 4.69) is 28.5 Å². The number of rotatable bonds is 10. The molecule has 1 aromatic rings. The van der Waals surface area contributed by atoms with Crippen LogP contribution in [0.25, 0.3) is 0 Å². The van der Waals surface area contributed by atoms with Crippen molar-refractivity contribution in [3.05, 3.63) is 5.82 Å². The van der Waals surface area contributed by atoms with Crippen LogP contribution in [0.5, 0.6) is 0 Å². The van der Waals surface area contributed by atoms with Gasteiger partial charge in [-0.3, -0.25) is 0 Å². The van der Waals surface area contributed by atoms with Gasteiger partial charge in [-0.2, -0.15) is 4.37 Å². The van der Waals surface area contributed by atoms with Gasteiger partial charge in [0.1, 0.15) is 5.82 Å². The van der Waals surface area contributed by atoms with E-state index in [-0.39, 0.29) is 0 Å². The van der Waals surface area contributed by atoms with Crippen molar-refractivity contribution in [2.45, 2.75) is 65.2 Å². The first-order valence-electron chi connectivity index (χ1n) is 6.93. The second-order valence-electron chi connectivity index (χ2n) is 4.46. The highest BCUT2D eigenvalue weighted by molar-refractivity contribution is 7.09. The van der Waals surface area contributed by atoms with Crippen molar-refractivity contribution in [3.8, 4) is 0 Å². The lowest BCUT2D eigenvalue weighted by Crippen LogP contribution is -2.01. The Morgan fingerprint density at radius 1 is 1.00 bits per heavy atom. The summed E-state index contributed by atoms with van der Waals surface area (Å²) in [4.78, 5) is 4.44. The number of aromatic nitrogens is 2. The van der Waals surface area contributed by atoms with Gasteiger partial charge in [-0.05, 0) is 12.8 Å². The van der Waals surface area contributed by atoms with Crippen molar-refractivity contribution >= 4 is 16.7 Å². The van der Waals surface area contributed by atoms with E-state index in [0.717, 1.165) is 30.3 Å². The third-order valence-corrected chi connectivity index (χ3v) is 3.46. The maximum atomic E-state index is 4.44. The number of hydrogen-bond donors (Lipinski definition) is 1. The van der Waals surface area contributed by atoms with Crippen molar-refractivity contribution in [3.63, 3.8) is 0 Å². The van der Waals surface area contributed by atoms with E-state index < -0.39 is 0 Å². The summed E-state index contributed by atoms with van der Waals surface area (Å²) in [6.45, 7) is 5.45. The van der Waals surface area contributed by atoms with Gasteiger partial charge in [-0.1, -0.05) is 46.0 Å². The first-order valence-corrected chi connectivity index (χ1v) is 7.70. The maximum Gasteiger partial charge on any atom is 0.202 e. The summed E-state index contributed by atoms with van der Waals surface area (Å²) in [5.74, 6) is 0.989. The molecule has 1 N–H and O–H groups in total. The van der Waals surface area contributed by atoms with Gasteiger partial charge in [-0.15, -0.1) is 0 Å². The Bertz CT molecular complexity index is 286. The fourth-order valence-corrected chi connectivity index (χ4v) is 2.39. The molecule has 0 aliphatic heterocycles. The van der Waals surface area contributed by atoms with Crippen molar-refractivity contribution < 1.29 is 0 Å². The van der Waals surface area contributed by atoms with E-state index in [1.165, 1.54) is 50.1 Å². The van der Waals surface area contributed by atoms with Crippen LogP contribution in [0.3, 0.4) is 0 Å². The fraction of sp³-hybridized carbons (Fsp3) is 0.846. The Hall–Kier alpha value is -0.640. The Morgan fingerprint density at radius 2 is 1.76 bits per heavy atom. The largest absolute Gasteiger partial charge is 0.360 e. The standard InChI is InChI=1S/C13H25N3S/c1-3-5-6-7-8-9-11-14-13-15-12(10-4-2)16-17-13/h3-11H2,1-2H3,(H,14,15,16). The molecule has 0 saturated carbocycles. The van der Waals surface area contributed by atoms with E-state index in [4.69, 9.17) is 0 Å². The van der Waals surface area contributed by atoms with Gasteiger partial charge in [-0.25, -0.2) is 4.98 Å². The van der Waals surface area contributed by atoms with Crippen molar-refractivity contribution in [1.82, 2.24) is 9.36 Å². The minimum atomic E-state index is 0.988. The normalized spacial score (nSPS) is 10.7. The lowest BCUT2D eigenvalue weighted by Gasteiger charge is -2.01. The molecule has 17 heavy (non-hydrogen) atoms. The van der Waals surface area contributed by atoms with E-state index >= 15 is 0 Å². The summed E-state index contributed by atoms with van der Waals surface area (Å²) < 4.78 is 4.31. The molecule has 98 valence electrons. The van der Waals surface area contributed by atoms with Gasteiger partial charge >= 0.3 is 0 Å². The van der Waals surface area contributed by atoms with Crippen molar-refractivity contribution in [2.75, 3.05) is 11.9 Å². The third kappa shape index (κ3) is 6.61. The highest BCUT2D eigenvalue weighted by atomic mass is 32.1. The summed E-state index contributed by atoms with van der Waals surface area (Å²) >= 11 is 1.49. The van der Waals surface area contributed by atoms with Crippen LogP contribution in [0.2, 0.25) is 0 Å². The van der Waals surface area contributed by atoms with Crippen LogP contribution in [0.4, 0.5) is 5.13 Å². The van der Waals surface area contributed by atoms with Gasteiger partial charge in [0.15, 0.2) is 0 Å². The van der Waals surface area contributed by atoms with E-state index in [0.29, 0.717) is 0 Å². The maximum absolute atomic E-state index is 4.44. The van der Waals surface area contributed by atoms with Crippen LogP contribution in [-0.4, -0.2) is 15.9 Å². The SMILES string of the molecule is CCCCCCCCNc1nc(CCC)ns1. The predicted molar refractivity (Wildman–Crippen MR) is 75.8 cm³/mol. The van der Waals surface area contributed by atoms with Gasteiger partial charge < -0.3 is 5.32 Å². The highest BCUT2D eigenvalue weighted by Crippen LogP contribution is 2.12. The van der Waals surface area contributed by atoms with Crippen LogP contribution in [0.1, 0.15) is 64.6 Å². The number of hydrogen-bond acceptors (Lipinski definition) is 4. The van der Waals surface area contributed by atoms with Crippen LogP contribution in [-0.2, 0) is 6.42 Å². The molecular weight excluding hydrogens is 230 g/mol. The molecule has 0 unspecified atom stereocenters. The van der Waals surface area contributed by atoms with Crippen LogP contribution < -0.4 is 5.32 Å². The number of nitrogens with one attached hydrogen (secondary N) is 1. The average molecular weight is 255 g/mol. The molecule has 0 aliphatic rings. The van der Waals surface area contributed by atoms with Crippen molar-refractivity contribution in [1.29, 1.82) is 0 Å². The molecule has 1 heterocycles. The minimum absolute atomic E-state index is 0.988. The van der Waals surface area contributed by atoms with Gasteiger partial charge in [0.2, 0.25) is 5.13 Å². The molecule has 0 spiro atoms. The zero-order chi connectivity index (χ0) is 12.3. The molecule has 4 heteroatoms. The Kier molecular flexibility index (Phi) is 7.97. The molecule has 0 amide bonds. The zero-order valence-corrected chi connectivity index (χ0v) is 12.0. The van der Waals surface area contributed by atoms with E-state index in [1.54, 1.807) is 0 Å². The first kappa shape index (κ1) is 14.4. The van der Waals surface area contributed by atoms with E-state index in [1.807, 2.05) is 0 Å². The quantitative estimate of drug-likeness (QED) is 0.635. The van der Waals surface area contributed by atoms with E-state index in [9.17, 15) is 0 Å². The highest BCUT2D eigenvalue weighted by Gasteiger charge is 2.01. The second-order valence-corrected chi connectivity index (χ2v) is 5.21. The molecule has 0 fully saturated rings. The first-order chi connectivity index (χ1) is 8.36. The summed E-state index contributed by atoms with van der Waals surface area (Å²) in [5.41, 5.74) is 0. The number of anilines is 1. The topological polar surface area (TPSA) is 37.8 Å². The predicted octanol–water partition coefficient (Wildman–Crippen LogP) is 4.26. The molecule has 0 radical (unpaired) electrons. The number of nitrogens with zero attached hydrogens (tertiary/aromatic N) is 2. The van der Waals surface area contributed by atoms with Crippen LogP contribution in [0.15, 0.2) is 0 Å². The Labute approximate surface area is 109 Å². The molecule has 0 atom stereocenters. The smallest absolute Gasteiger partial charge is 0.202 e. The molecule has 1 aromatic heterocycles. The molecule has 0 aromatic carbocycles. The average Bonchev–Trinajstić information content (AvgIpc) is 2.76. The Morgan fingerprint density at radius 3 is 2.53 bits per heavy atom. The number of unbranched alkanes of at least 4 members (excludes halogenated alkanes) is 5. The van der Waals surface area contributed by atoms with Gasteiger partial charge in [0.25, 0.3) is 0 Å². The molecule has 0 saturated heterocycles. The van der Waals surface area contributed by atoms with Crippen LogP contribution >= 0.6 is 11.5 Å². The summed E-state index contributed by atoms with van der Waals surface area (Å²) in [7, 11) is 0. The lowest BCUT2D eigenvalue weighted by atomic mass is 10.1. The molecule has 0 aliphatic carbocycles. The fourth-order valence-electron chi connectivity index (χ4n) is 1.75.